The molecule has 0 aliphatic rings. The van der Waals surface area contributed by atoms with E-state index in [1.807, 2.05) is 0 Å². The molecule has 0 aliphatic heterocycles. The van der Waals surface area contributed by atoms with E-state index in [9.17, 15) is 22.4 Å². The molecule has 0 unspecified atom stereocenters. The molecule has 0 heterocycles. The minimum atomic E-state index is -3.99. The van der Waals surface area contributed by atoms with Crippen LogP contribution in [0.4, 0.5) is 15.8 Å². The van der Waals surface area contributed by atoms with E-state index in [0.717, 1.165) is 11.0 Å². The van der Waals surface area contributed by atoms with Gasteiger partial charge in [-0.15, -0.1) is 6.58 Å². The highest BCUT2D eigenvalue weighted by molar-refractivity contribution is 7.92. The van der Waals surface area contributed by atoms with Crippen molar-refractivity contribution < 1.29 is 22.4 Å². The zero-order valence-corrected chi connectivity index (χ0v) is 19.3. The van der Waals surface area contributed by atoms with Crippen molar-refractivity contribution in [3.05, 3.63) is 103 Å². The van der Waals surface area contributed by atoms with E-state index >= 15 is 0 Å². The highest BCUT2D eigenvalue weighted by atomic mass is 32.2. The van der Waals surface area contributed by atoms with Crippen LogP contribution >= 0.6 is 0 Å². The monoisotopic (exact) mass is 481 g/mol. The van der Waals surface area contributed by atoms with Gasteiger partial charge < -0.3 is 10.2 Å². The molecule has 2 amide bonds. The third kappa shape index (κ3) is 5.87. The molecule has 0 aliphatic carbocycles. The molecule has 1 N–H and O–H groups in total. The number of carbonyl (C=O) groups excluding carboxylic acids is 2. The van der Waals surface area contributed by atoms with E-state index in [2.05, 4.69) is 11.9 Å². The lowest BCUT2D eigenvalue weighted by molar-refractivity contribution is -0.116. The Kier molecular flexibility index (Phi) is 7.80. The van der Waals surface area contributed by atoms with Crippen LogP contribution in [0.1, 0.15) is 10.4 Å². The largest absolute Gasteiger partial charge is 0.332 e. The quantitative estimate of drug-likeness (QED) is 0.470. The number of para-hydroxylation sites is 1. The van der Waals surface area contributed by atoms with E-state index in [0.29, 0.717) is 5.69 Å². The Balaban J connectivity index is 1.78. The van der Waals surface area contributed by atoms with Crippen molar-refractivity contribution >= 4 is 33.2 Å². The van der Waals surface area contributed by atoms with Crippen molar-refractivity contribution in [3.8, 4) is 0 Å². The van der Waals surface area contributed by atoms with E-state index in [-0.39, 0.29) is 29.2 Å². The lowest BCUT2D eigenvalue weighted by Crippen LogP contribution is -2.35. The van der Waals surface area contributed by atoms with Crippen molar-refractivity contribution in [2.45, 2.75) is 4.90 Å². The van der Waals surface area contributed by atoms with Gasteiger partial charge in [-0.3, -0.25) is 13.9 Å². The van der Waals surface area contributed by atoms with Gasteiger partial charge in [0.1, 0.15) is 5.82 Å². The third-order valence-electron chi connectivity index (χ3n) is 4.84. The van der Waals surface area contributed by atoms with E-state index in [4.69, 9.17) is 0 Å². The summed E-state index contributed by atoms with van der Waals surface area (Å²) >= 11 is 0. The fourth-order valence-electron chi connectivity index (χ4n) is 3.24. The molecule has 3 rings (SSSR count). The first-order valence-corrected chi connectivity index (χ1v) is 11.8. The predicted octanol–water partition coefficient (Wildman–Crippen LogP) is 3.92. The maximum atomic E-state index is 13.3. The lowest BCUT2D eigenvalue weighted by Gasteiger charge is -2.23. The zero-order chi connectivity index (χ0) is 24.7. The second-order valence-corrected chi connectivity index (χ2v) is 9.27. The SMILES string of the molecule is C=CCN(c1ccccc1)S(=O)(=O)c1cccc(C(=O)N(C)CC(=O)Nc2cccc(F)c2)c1. The smallest absolute Gasteiger partial charge is 0.264 e. The first-order chi connectivity index (χ1) is 16.2. The average Bonchev–Trinajstić information content (AvgIpc) is 2.82. The Labute approximate surface area is 198 Å². The van der Waals surface area contributed by atoms with Crippen LogP contribution in [0.2, 0.25) is 0 Å². The van der Waals surface area contributed by atoms with Gasteiger partial charge in [-0.1, -0.05) is 36.4 Å². The van der Waals surface area contributed by atoms with Gasteiger partial charge in [0.25, 0.3) is 15.9 Å². The number of nitrogens with zero attached hydrogens (tertiary/aromatic N) is 2. The van der Waals surface area contributed by atoms with Gasteiger partial charge in [0, 0.05) is 18.3 Å². The number of amides is 2. The molecule has 3 aromatic rings. The van der Waals surface area contributed by atoms with Crippen LogP contribution in [0, 0.1) is 5.82 Å². The minimum absolute atomic E-state index is 0.0463. The molecule has 9 heteroatoms. The summed E-state index contributed by atoms with van der Waals surface area (Å²) in [6.45, 7) is 3.38. The van der Waals surface area contributed by atoms with Crippen LogP contribution in [-0.2, 0) is 14.8 Å². The molecule has 0 bridgehead atoms. The fraction of sp³-hybridized carbons (Fsp3) is 0.120. The Morgan fingerprint density at radius 3 is 2.38 bits per heavy atom. The number of nitrogens with one attached hydrogen (secondary N) is 1. The van der Waals surface area contributed by atoms with Gasteiger partial charge in [0.05, 0.1) is 23.7 Å². The number of halogens is 1. The normalized spacial score (nSPS) is 10.9. The van der Waals surface area contributed by atoms with Gasteiger partial charge in [-0.2, -0.15) is 0 Å². The second kappa shape index (κ2) is 10.8. The van der Waals surface area contributed by atoms with Gasteiger partial charge >= 0.3 is 0 Å². The Morgan fingerprint density at radius 2 is 1.71 bits per heavy atom. The minimum Gasteiger partial charge on any atom is -0.332 e. The van der Waals surface area contributed by atoms with Crippen LogP contribution in [-0.4, -0.2) is 45.3 Å². The standard InChI is InChI=1S/C25H24FN3O4S/c1-3-15-29(22-12-5-4-6-13-22)34(32,33)23-14-7-9-19(16-23)25(31)28(2)18-24(30)27-21-11-8-10-20(26)17-21/h3-14,16-17H,1,15,18H2,2H3,(H,27,30). The van der Waals surface area contributed by atoms with Crippen LogP contribution in [0.3, 0.4) is 0 Å². The summed E-state index contributed by atoms with van der Waals surface area (Å²) < 4.78 is 41.2. The number of sulfonamides is 1. The molecule has 0 fully saturated rings. The van der Waals surface area contributed by atoms with Crippen molar-refractivity contribution in [1.29, 1.82) is 0 Å². The van der Waals surface area contributed by atoms with Crippen molar-refractivity contribution in [3.63, 3.8) is 0 Å². The molecule has 0 spiro atoms. The number of hydrogen-bond donors (Lipinski definition) is 1. The summed E-state index contributed by atoms with van der Waals surface area (Å²) in [6, 6.07) is 19.6. The molecule has 176 valence electrons. The second-order valence-electron chi connectivity index (χ2n) is 7.41. The Bertz CT molecular complexity index is 1300. The van der Waals surface area contributed by atoms with Gasteiger partial charge in [-0.25, -0.2) is 12.8 Å². The fourth-order valence-corrected chi connectivity index (χ4v) is 4.73. The topological polar surface area (TPSA) is 86.8 Å². The van der Waals surface area contributed by atoms with E-state index < -0.39 is 27.7 Å². The third-order valence-corrected chi connectivity index (χ3v) is 6.63. The van der Waals surface area contributed by atoms with Crippen LogP contribution in [0.5, 0.6) is 0 Å². The first kappa shape index (κ1) is 24.7. The highest BCUT2D eigenvalue weighted by Gasteiger charge is 2.25. The molecule has 0 radical (unpaired) electrons. The number of benzene rings is 3. The summed E-state index contributed by atoms with van der Waals surface area (Å²) in [7, 11) is -2.57. The Morgan fingerprint density at radius 1 is 1.00 bits per heavy atom. The molecule has 3 aromatic carbocycles. The molecule has 7 nitrogen and oxygen atoms in total. The molecular weight excluding hydrogens is 457 g/mol. The summed E-state index contributed by atoms with van der Waals surface area (Å²) in [4.78, 5) is 26.3. The van der Waals surface area contributed by atoms with Crippen molar-refractivity contribution in [2.75, 3.05) is 29.8 Å². The number of likely N-dealkylation sites (N-methyl/N-ethyl adjacent to an activating group) is 1. The molecule has 0 saturated heterocycles. The average molecular weight is 482 g/mol. The van der Waals surface area contributed by atoms with E-state index in [1.54, 1.807) is 30.3 Å². The van der Waals surface area contributed by atoms with Crippen LogP contribution in [0.15, 0.2) is 96.4 Å². The molecule has 0 aromatic heterocycles. The van der Waals surface area contributed by atoms with E-state index in [1.165, 1.54) is 59.9 Å². The Hall–Kier alpha value is -3.98. The molecule has 0 saturated carbocycles. The van der Waals surface area contributed by atoms with Gasteiger partial charge in [-0.05, 0) is 48.5 Å². The van der Waals surface area contributed by atoms with Crippen molar-refractivity contribution in [2.24, 2.45) is 0 Å². The zero-order valence-electron chi connectivity index (χ0n) is 18.5. The molecule has 34 heavy (non-hydrogen) atoms. The number of hydrogen-bond acceptors (Lipinski definition) is 4. The summed E-state index contributed by atoms with van der Waals surface area (Å²) in [6.07, 6.45) is 1.48. The van der Waals surface area contributed by atoms with Gasteiger partial charge in [0.2, 0.25) is 5.91 Å². The maximum absolute atomic E-state index is 13.3. The predicted molar refractivity (Wildman–Crippen MR) is 130 cm³/mol. The number of carbonyl (C=O) groups is 2. The highest BCUT2D eigenvalue weighted by Crippen LogP contribution is 2.24. The van der Waals surface area contributed by atoms with Crippen LogP contribution in [0.25, 0.3) is 0 Å². The summed E-state index contributed by atoms with van der Waals surface area (Å²) in [5.41, 5.74) is 0.834. The first-order valence-electron chi connectivity index (χ1n) is 10.3. The summed E-state index contributed by atoms with van der Waals surface area (Å²) in [5, 5.41) is 2.52. The van der Waals surface area contributed by atoms with Crippen molar-refractivity contribution in [1.82, 2.24) is 4.90 Å². The summed E-state index contributed by atoms with van der Waals surface area (Å²) in [5.74, 6) is -1.56. The van der Waals surface area contributed by atoms with Crippen LogP contribution < -0.4 is 9.62 Å². The molecular formula is C25H24FN3O4S. The number of rotatable bonds is 9. The maximum Gasteiger partial charge on any atom is 0.264 e. The molecule has 0 atom stereocenters. The van der Waals surface area contributed by atoms with Gasteiger partial charge in [0.15, 0.2) is 0 Å². The number of anilines is 2. The lowest BCUT2D eigenvalue weighted by atomic mass is 10.2.